The highest BCUT2D eigenvalue weighted by atomic mass is 19.1. The van der Waals surface area contributed by atoms with E-state index in [9.17, 15) is 9.18 Å². The van der Waals surface area contributed by atoms with Crippen molar-refractivity contribution < 1.29 is 8.81 Å². The van der Waals surface area contributed by atoms with E-state index in [1.54, 1.807) is 0 Å². The van der Waals surface area contributed by atoms with Gasteiger partial charge in [-0.15, -0.1) is 5.10 Å². The summed E-state index contributed by atoms with van der Waals surface area (Å²) < 4.78 is 19.5. The second-order valence-electron chi connectivity index (χ2n) is 5.05. The summed E-state index contributed by atoms with van der Waals surface area (Å²) in [5.41, 5.74) is 5.47. The highest BCUT2D eigenvalue weighted by Gasteiger charge is 2.23. The van der Waals surface area contributed by atoms with Gasteiger partial charge in [-0.25, -0.2) is 9.18 Å². The van der Waals surface area contributed by atoms with Crippen molar-refractivity contribution in [2.24, 2.45) is 0 Å². The molecule has 0 amide bonds. The van der Waals surface area contributed by atoms with Crippen LogP contribution in [0.5, 0.6) is 0 Å². The molecule has 2 aromatic rings. The van der Waals surface area contributed by atoms with Crippen LogP contribution in [0, 0.1) is 5.82 Å². The highest BCUT2D eigenvalue weighted by molar-refractivity contribution is 5.47. The molecule has 0 saturated heterocycles. The van der Waals surface area contributed by atoms with E-state index in [1.165, 1.54) is 18.2 Å². The average Bonchev–Trinajstić information content (AvgIpc) is 2.64. The minimum atomic E-state index is -0.732. The van der Waals surface area contributed by atoms with Gasteiger partial charge in [0.15, 0.2) is 0 Å². The fourth-order valence-electron chi connectivity index (χ4n) is 1.43. The first kappa shape index (κ1) is 12.3. The predicted octanol–water partition coefficient (Wildman–Crippen LogP) is 1.84. The third-order valence-corrected chi connectivity index (χ3v) is 2.39. The molecule has 0 fully saturated rings. The molecule has 2 N–H and O–H groups in total. The van der Waals surface area contributed by atoms with Crippen LogP contribution in [0.15, 0.2) is 27.4 Å². The minimum absolute atomic E-state index is 0.0146. The Hall–Kier alpha value is -2.11. The van der Waals surface area contributed by atoms with Crippen molar-refractivity contribution in [2.75, 3.05) is 5.73 Å². The third-order valence-electron chi connectivity index (χ3n) is 2.39. The largest absolute Gasteiger partial charge is 0.442 e. The second kappa shape index (κ2) is 3.97. The van der Waals surface area contributed by atoms with Gasteiger partial charge in [-0.1, -0.05) is 20.8 Å². The number of rotatable bonds is 1. The molecular weight excluding hydrogens is 237 g/mol. The molecule has 0 unspecified atom stereocenters. The lowest BCUT2D eigenvalue weighted by molar-refractivity contribution is 0.375. The van der Waals surface area contributed by atoms with Crippen LogP contribution in [-0.4, -0.2) is 9.78 Å². The molecule has 18 heavy (non-hydrogen) atoms. The maximum atomic E-state index is 13.6. The van der Waals surface area contributed by atoms with Crippen LogP contribution >= 0.6 is 0 Å². The molecular formula is C12H14FN3O2. The standard InChI is InChI=1S/C12H14FN3O2/c1-12(2,3)10-15-16(11(17)18-10)9-6-7(14)4-5-8(9)13/h4-6H,14H2,1-3H3. The van der Waals surface area contributed by atoms with Gasteiger partial charge in [0.25, 0.3) is 0 Å². The van der Waals surface area contributed by atoms with E-state index in [2.05, 4.69) is 5.10 Å². The van der Waals surface area contributed by atoms with Crippen molar-refractivity contribution in [2.45, 2.75) is 26.2 Å². The Bertz CT molecular complexity index is 638. The van der Waals surface area contributed by atoms with Crippen LogP contribution in [0.25, 0.3) is 5.69 Å². The quantitative estimate of drug-likeness (QED) is 0.785. The Morgan fingerprint density at radius 2 is 2.06 bits per heavy atom. The third kappa shape index (κ3) is 2.13. The molecule has 0 atom stereocenters. The molecule has 0 bridgehead atoms. The monoisotopic (exact) mass is 251 g/mol. The lowest BCUT2D eigenvalue weighted by atomic mass is 9.97. The van der Waals surface area contributed by atoms with Crippen molar-refractivity contribution in [3.05, 3.63) is 40.5 Å². The summed E-state index contributed by atoms with van der Waals surface area (Å²) in [5, 5.41) is 4.00. The van der Waals surface area contributed by atoms with E-state index in [0.717, 1.165) is 4.68 Å². The van der Waals surface area contributed by atoms with Gasteiger partial charge in [0.1, 0.15) is 11.5 Å². The molecule has 0 aliphatic carbocycles. The van der Waals surface area contributed by atoms with Crippen LogP contribution in [0.1, 0.15) is 26.7 Å². The van der Waals surface area contributed by atoms with Gasteiger partial charge in [0.2, 0.25) is 5.89 Å². The fraction of sp³-hybridized carbons (Fsp3) is 0.333. The Balaban J connectivity index is 2.62. The molecule has 6 heteroatoms. The molecule has 0 aliphatic rings. The maximum Gasteiger partial charge on any atom is 0.442 e. The number of hydrogen-bond acceptors (Lipinski definition) is 4. The highest BCUT2D eigenvalue weighted by Crippen LogP contribution is 2.20. The molecule has 0 aliphatic heterocycles. The Morgan fingerprint density at radius 1 is 1.39 bits per heavy atom. The van der Waals surface area contributed by atoms with Crippen molar-refractivity contribution in [1.82, 2.24) is 9.78 Å². The number of nitrogens with two attached hydrogens (primary N) is 1. The lowest BCUT2D eigenvalue weighted by Gasteiger charge is -2.10. The minimum Gasteiger partial charge on any atom is -0.399 e. The summed E-state index contributed by atoms with van der Waals surface area (Å²) in [4.78, 5) is 11.7. The maximum absolute atomic E-state index is 13.6. The number of halogens is 1. The van der Waals surface area contributed by atoms with Gasteiger partial charge in [-0.3, -0.25) is 0 Å². The SMILES string of the molecule is CC(C)(C)c1nn(-c2cc(N)ccc2F)c(=O)o1. The van der Waals surface area contributed by atoms with E-state index >= 15 is 0 Å². The van der Waals surface area contributed by atoms with E-state index in [1.807, 2.05) is 20.8 Å². The van der Waals surface area contributed by atoms with E-state index in [-0.39, 0.29) is 11.6 Å². The predicted molar refractivity (Wildman–Crippen MR) is 65.2 cm³/mol. The summed E-state index contributed by atoms with van der Waals surface area (Å²) in [5.74, 6) is -1.07. The first-order valence-corrected chi connectivity index (χ1v) is 5.45. The molecule has 5 nitrogen and oxygen atoms in total. The Morgan fingerprint density at radius 3 is 2.61 bits per heavy atom. The topological polar surface area (TPSA) is 74.1 Å². The average molecular weight is 251 g/mol. The van der Waals surface area contributed by atoms with Crippen LogP contribution in [-0.2, 0) is 5.41 Å². The van der Waals surface area contributed by atoms with Crippen molar-refractivity contribution in [3.63, 3.8) is 0 Å². The normalized spacial score (nSPS) is 11.8. The van der Waals surface area contributed by atoms with E-state index in [4.69, 9.17) is 10.2 Å². The zero-order valence-corrected chi connectivity index (χ0v) is 10.4. The smallest absolute Gasteiger partial charge is 0.399 e. The molecule has 1 heterocycles. The number of anilines is 1. The van der Waals surface area contributed by atoms with Gasteiger partial charge < -0.3 is 10.2 Å². The van der Waals surface area contributed by atoms with Gasteiger partial charge in [-0.2, -0.15) is 4.68 Å². The van der Waals surface area contributed by atoms with Gasteiger partial charge in [-0.05, 0) is 18.2 Å². The zero-order chi connectivity index (χ0) is 13.5. The van der Waals surface area contributed by atoms with Crippen molar-refractivity contribution >= 4 is 5.69 Å². The van der Waals surface area contributed by atoms with E-state index in [0.29, 0.717) is 5.69 Å². The molecule has 96 valence electrons. The van der Waals surface area contributed by atoms with Crippen LogP contribution < -0.4 is 11.5 Å². The summed E-state index contributed by atoms with van der Waals surface area (Å²) in [6.07, 6.45) is 0. The molecule has 0 radical (unpaired) electrons. The number of nitrogens with zero attached hydrogens (tertiary/aromatic N) is 2. The van der Waals surface area contributed by atoms with Gasteiger partial charge >= 0.3 is 5.76 Å². The van der Waals surface area contributed by atoms with Crippen LogP contribution in [0.4, 0.5) is 10.1 Å². The van der Waals surface area contributed by atoms with Crippen LogP contribution in [0.2, 0.25) is 0 Å². The van der Waals surface area contributed by atoms with Crippen molar-refractivity contribution in [3.8, 4) is 5.69 Å². The zero-order valence-electron chi connectivity index (χ0n) is 10.4. The number of nitrogen functional groups attached to an aromatic ring is 1. The summed E-state index contributed by atoms with van der Waals surface area (Å²) in [6, 6.07) is 3.93. The molecule has 0 saturated carbocycles. The van der Waals surface area contributed by atoms with Gasteiger partial charge in [0, 0.05) is 11.1 Å². The summed E-state index contributed by atoms with van der Waals surface area (Å²) in [6.45, 7) is 5.54. The Labute approximate surface area is 103 Å². The van der Waals surface area contributed by atoms with Crippen molar-refractivity contribution in [1.29, 1.82) is 0 Å². The summed E-state index contributed by atoms with van der Waals surface area (Å²) in [7, 11) is 0. The lowest BCUT2D eigenvalue weighted by Crippen LogP contribution is -2.16. The first-order valence-electron chi connectivity index (χ1n) is 5.45. The molecule has 1 aromatic heterocycles. The van der Waals surface area contributed by atoms with Crippen LogP contribution in [0.3, 0.4) is 0 Å². The van der Waals surface area contributed by atoms with Gasteiger partial charge in [0.05, 0.1) is 0 Å². The molecule has 1 aromatic carbocycles. The molecule has 0 spiro atoms. The second-order valence-corrected chi connectivity index (χ2v) is 5.05. The molecule has 2 rings (SSSR count). The number of benzene rings is 1. The number of hydrogen-bond donors (Lipinski definition) is 1. The summed E-state index contributed by atoms with van der Waals surface area (Å²) >= 11 is 0. The Kier molecular flexibility index (Phi) is 2.73. The van der Waals surface area contributed by atoms with E-state index < -0.39 is 17.0 Å². The fourth-order valence-corrected chi connectivity index (χ4v) is 1.43. The first-order chi connectivity index (χ1) is 8.29. The number of aromatic nitrogens is 2.